The first-order valence-corrected chi connectivity index (χ1v) is 5.26. The smallest absolute Gasteiger partial charge is 0.340 e. The van der Waals surface area contributed by atoms with E-state index in [0.29, 0.717) is 29.3 Å². The molecule has 0 aliphatic heterocycles. The quantitative estimate of drug-likeness (QED) is 0.795. The van der Waals surface area contributed by atoms with Crippen LogP contribution in [-0.2, 0) is 4.74 Å². The molecule has 0 aromatic heterocycles. The monoisotopic (exact) mass is 239 g/mol. The molecule has 0 radical (unpaired) electrons. The van der Waals surface area contributed by atoms with Crippen molar-refractivity contribution in [2.24, 2.45) is 0 Å². The number of benzene rings is 1. The van der Waals surface area contributed by atoms with Crippen LogP contribution in [0.4, 0.5) is 5.69 Å². The van der Waals surface area contributed by atoms with E-state index in [-0.39, 0.29) is 0 Å². The molecule has 94 valence electrons. The third-order valence-corrected chi connectivity index (χ3v) is 2.30. The molecule has 0 heterocycles. The lowest BCUT2D eigenvalue weighted by molar-refractivity contribution is 0.0601. The van der Waals surface area contributed by atoms with Gasteiger partial charge >= 0.3 is 5.97 Å². The van der Waals surface area contributed by atoms with E-state index in [1.807, 2.05) is 6.92 Å². The number of methoxy groups -OCH3 is 3. The fourth-order valence-corrected chi connectivity index (χ4v) is 1.49. The van der Waals surface area contributed by atoms with E-state index in [1.165, 1.54) is 14.2 Å². The zero-order valence-corrected chi connectivity index (χ0v) is 10.5. The van der Waals surface area contributed by atoms with Crippen molar-refractivity contribution in [1.29, 1.82) is 0 Å². The van der Waals surface area contributed by atoms with E-state index in [1.54, 1.807) is 19.2 Å². The van der Waals surface area contributed by atoms with Gasteiger partial charge in [-0.3, -0.25) is 0 Å². The average Bonchev–Trinajstić information content (AvgIpc) is 2.37. The van der Waals surface area contributed by atoms with Crippen molar-refractivity contribution in [2.75, 3.05) is 33.2 Å². The van der Waals surface area contributed by atoms with Crippen LogP contribution in [0.25, 0.3) is 0 Å². The molecule has 0 amide bonds. The zero-order valence-electron chi connectivity index (χ0n) is 10.5. The number of carbonyl (C=O) groups excluding carboxylic acids is 1. The van der Waals surface area contributed by atoms with Gasteiger partial charge in [0.05, 0.1) is 32.6 Å². The molecule has 1 aromatic rings. The fourth-order valence-electron chi connectivity index (χ4n) is 1.49. The molecule has 5 heteroatoms. The summed E-state index contributed by atoms with van der Waals surface area (Å²) in [6.07, 6.45) is 0. The molecule has 0 aliphatic rings. The largest absolute Gasteiger partial charge is 0.493 e. The molecule has 0 spiro atoms. The number of rotatable bonds is 5. The first-order valence-electron chi connectivity index (χ1n) is 5.26. The second-order valence-corrected chi connectivity index (χ2v) is 3.27. The Morgan fingerprint density at radius 3 is 2.24 bits per heavy atom. The number of hydrogen-bond acceptors (Lipinski definition) is 5. The lowest BCUT2D eigenvalue weighted by Gasteiger charge is -2.14. The average molecular weight is 239 g/mol. The number of hydrogen-bond donors (Lipinski definition) is 1. The highest BCUT2D eigenvalue weighted by Crippen LogP contribution is 2.33. The maximum Gasteiger partial charge on any atom is 0.340 e. The Bertz CT molecular complexity index is 404. The van der Waals surface area contributed by atoms with Crippen molar-refractivity contribution < 1.29 is 19.0 Å². The first-order chi connectivity index (χ1) is 8.17. The molecule has 1 rings (SSSR count). The predicted molar refractivity (Wildman–Crippen MR) is 65.0 cm³/mol. The van der Waals surface area contributed by atoms with E-state index >= 15 is 0 Å². The van der Waals surface area contributed by atoms with Crippen LogP contribution in [0.3, 0.4) is 0 Å². The lowest BCUT2D eigenvalue weighted by atomic mass is 10.1. The first kappa shape index (κ1) is 13.2. The molecule has 0 atom stereocenters. The zero-order chi connectivity index (χ0) is 12.8. The van der Waals surface area contributed by atoms with Crippen molar-refractivity contribution in [3.63, 3.8) is 0 Å². The number of anilines is 1. The van der Waals surface area contributed by atoms with E-state index in [4.69, 9.17) is 14.2 Å². The Balaban J connectivity index is 3.29. The Hall–Kier alpha value is -1.91. The van der Waals surface area contributed by atoms with Crippen LogP contribution in [-0.4, -0.2) is 33.8 Å². The molecule has 0 unspecified atom stereocenters. The fraction of sp³-hybridized carbons (Fsp3) is 0.417. The standard InChI is InChI=1S/C12H17NO4/c1-5-13-9-7-11(16-3)10(15-2)6-8(9)12(14)17-4/h6-7,13H,5H2,1-4H3. The van der Waals surface area contributed by atoms with Gasteiger partial charge in [0.15, 0.2) is 11.5 Å². The molecule has 0 fully saturated rings. The van der Waals surface area contributed by atoms with Gasteiger partial charge in [-0.2, -0.15) is 0 Å². The second kappa shape index (κ2) is 5.98. The number of esters is 1. The third kappa shape index (κ3) is 2.81. The van der Waals surface area contributed by atoms with Crippen LogP contribution < -0.4 is 14.8 Å². The van der Waals surface area contributed by atoms with E-state index in [0.717, 1.165) is 0 Å². The normalized spacial score (nSPS) is 9.65. The Morgan fingerprint density at radius 2 is 1.76 bits per heavy atom. The van der Waals surface area contributed by atoms with Gasteiger partial charge in [-0.1, -0.05) is 0 Å². The van der Waals surface area contributed by atoms with Crippen LogP contribution in [0.5, 0.6) is 11.5 Å². The van der Waals surface area contributed by atoms with Crippen LogP contribution in [0.2, 0.25) is 0 Å². The van der Waals surface area contributed by atoms with Crippen molar-refractivity contribution >= 4 is 11.7 Å². The summed E-state index contributed by atoms with van der Waals surface area (Å²) in [6, 6.07) is 3.32. The molecule has 1 N–H and O–H groups in total. The molecule has 5 nitrogen and oxygen atoms in total. The topological polar surface area (TPSA) is 56.8 Å². The minimum atomic E-state index is -0.415. The number of carbonyl (C=O) groups is 1. The summed E-state index contributed by atoms with van der Waals surface area (Å²) >= 11 is 0. The highest BCUT2D eigenvalue weighted by molar-refractivity contribution is 5.96. The maximum absolute atomic E-state index is 11.6. The van der Waals surface area contributed by atoms with Crippen molar-refractivity contribution in [3.8, 4) is 11.5 Å². The van der Waals surface area contributed by atoms with Crippen molar-refractivity contribution in [1.82, 2.24) is 0 Å². The lowest BCUT2D eigenvalue weighted by Crippen LogP contribution is -2.09. The van der Waals surface area contributed by atoms with Crippen LogP contribution in [0.1, 0.15) is 17.3 Å². The Labute approximate surface area is 101 Å². The molecule has 0 saturated carbocycles. The van der Waals surface area contributed by atoms with Gasteiger partial charge in [0.2, 0.25) is 0 Å². The Kier molecular flexibility index (Phi) is 4.63. The van der Waals surface area contributed by atoms with Gasteiger partial charge in [-0.25, -0.2) is 4.79 Å². The Morgan fingerprint density at radius 1 is 1.18 bits per heavy atom. The molecule has 0 saturated heterocycles. The molecule has 1 aromatic carbocycles. The van der Waals surface area contributed by atoms with Gasteiger partial charge in [0, 0.05) is 18.7 Å². The van der Waals surface area contributed by atoms with E-state index in [2.05, 4.69) is 5.32 Å². The number of ether oxygens (including phenoxy) is 3. The molecular weight excluding hydrogens is 222 g/mol. The van der Waals surface area contributed by atoms with Crippen molar-refractivity contribution in [3.05, 3.63) is 17.7 Å². The van der Waals surface area contributed by atoms with Gasteiger partial charge in [0.25, 0.3) is 0 Å². The third-order valence-electron chi connectivity index (χ3n) is 2.30. The van der Waals surface area contributed by atoms with E-state index in [9.17, 15) is 4.79 Å². The molecule has 0 bridgehead atoms. The minimum absolute atomic E-state index is 0.415. The van der Waals surface area contributed by atoms with E-state index < -0.39 is 5.97 Å². The minimum Gasteiger partial charge on any atom is -0.493 e. The van der Waals surface area contributed by atoms with Crippen LogP contribution in [0.15, 0.2) is 12.1 Å². The summed E-state index contributed by atoms with van der Waals surface area (Å²) in [5, 5.41) is 3.08. The SMILES string of the molecule is CCNc1cc(OC)c(OC)cc1C(=O)OC. The highest BCUT2D eigenvalue weighted by Gasteiger charge is 2.16. The van der Waals surface area contributed by atoms with Gasteiger partial charge < -0.3 is 19.5 Å². The second-order valence-electron chi connectivity index (χ2n) is 3.27. The summed E-state index contributed by atoms with van der Waals surface area (Å²) < 4.78 is 15.0. The molecule has 17 heavy (non-hydrogen) atoms. The van der Waals surface area contributed by atoms with Crippen LogP contribution in [0, 0.1) is 0 Å². The maximum atomic E-state index is 11.6. The summed E-state index contributed by atoms with van der Waals surface area (Å²) in [7, 11) is 4.41. The van der Waals surface area contributed by atoms with Crippen molar-refractivity contribution in [2.45, 2.75) is 6.92 Å². The molecular formula is C12H17NO4. The summed E-state index contributed by atoms with van der Waals surface area (Å²) in [5.74, 6) is 0.646. The summed E-state index contributed by atoms with van der Waals surface area (Å²) in [5.41, 5.74) is 1.09. The summed E-state index contributed by atoms with van der Waals surface area (Å²) in [6.45, 7) is 2.64. The van der Waals surface area contributed by atoms with Gasteiger partial charge in [0.1, 0.15) is 0 Å². The van der Waals surface area contributed by atoms with Gasteiger partial charge in [-0.05, 0) is 6.92 Å². The molecule has 0 aliphatic carbocycles. The number of nitrogens with one attached hydrogen (secondary N) is 1. The van der Waals surface area contributed by atoms with Gasteiger partial charge in [-0.15, -0.1) is 0 Å². The predicted octanol–water partition coefficient (Wildman–Crippen LogP) is 1.92. The highest BCUT2D eigenvalue weighted by atomic mass is 16.5. The van der Waals surface area contributed by atoms with Crippen LogP contribution >= 0.6 is 0 Å². The summed E-state index contributed by atoms with van der Waals surface area (Å²) in [4.78, 5) is 11.6.